The summed E-state index contributed by atoms with van der Waals surface area (Å²) in [7, 11) is 0. The number of ether oxygens (including phenoxy) is 2. The number of rotatable bonds is 6. The Morgan fingerprint density at radius 3 is 2.52 bits per heavy atom. The third kappa shape index (κ3) is 7.53. The van der Waals surface area contributed by atoms with Crippen LogP contribution in [0.3, 0.4) is 0 Å². The molecule has 5 heteroatoms. The molecule has 0 aliphatic carbocycles. The van der Waals surface area contributed by atoms with E-state index in [0.29, 0.717) is 37.6 Å². The Morgan fingerprint density at radius 1 is 1.30 bits per heavy atom. The van der Waals surface area contributed by atoms with E-state index >= 15 is 0 Å². The Morgan fingerprint density at radius 2 is 1.96 bits per heavy atom. The molecule has 0 spiro atoms. The fourth-order valence-corrected chi connectivity index (χ4v) is 2.53. The van der Waals surface area contributed by atoms with Crippen LogP contribution >= 0.6 is 0 Å². The first kappa shape index (κ1) is 20.2. The molecule has 1 heterocycles. The first-order valence-corrected chi connectivity index (χ1v) is 8.91. The molecule has 23 heavy (non-hydrogen) atoms. The van der Waals surface area contributed by atoms with Crippen molar-refractivity contribution in [2.75, 3.05) is 26.3 Å². The van der Waals surface area contributed by atoms with Gasteiger partial charge < -0.3 is 19.7 Å². The molecule has 3 unspecified atom stereocenters. The van der Waals surface area contributed by atoms with Gasteiger partial charge in [0, 0.05) is 12.6 Å². The molecule has 136 valence electrons. The lowest BCUT2D eigenvalue weighted by Crippen LogP contribution is -2.52. The molecule has 0 bridgehead atoms. The highest BCUT2D eigenvalue weighted by Gasteiger charge is 2.31. The molecular weight excluding hydrogens is 292 g/mol. The zero-order valence-electron chi connectivity index (χ0n) is 16.0. The average Bonchev–Trinajstić information content (AvgIpc) is 2.43. The first-order valence-electron chi connectivity index (χ1n) is 8.91. The lowest BCUT2D eigenvalue weighted by molar-refractivity contribution is -0.0356. The summed E-state index contributed by atoms with van der Waals surface area (Å²) in [4.78, 5) is 14.2. The molecule has 1 saturated heterocycles. The maximum Gasteiger partial charge on any atom is 0.410 e. The van der Waals surface area contributed by atoms with E-state index in [1.54, 1.807) is 0 Å². The van der Waals surface area contributed by atoms with E-state index in [0.717, 1.165) is 13.0 Å². The van der Waals surface area contributed by atoms with Gasteiger partial charge in [-0.05, 0) is 52.5 Å². The number of nitrogens with zero attached hydrogens (tertiary/aromatic N) is 1. The van der Waals surface area contributed by atoms with Crippen LogP contribution in [0.4, 0.5) is 4.79 Å². The second kappa shape index (κ2) is 8.88. The molecule has 5 nitrogen and oxygen atoms in total. The Hall–Kier alpha value is -0.810. The first-order chi connectivity index (χ1) is 10.6. The van der Waals surface area contributed by atoms with E-state index in [9.17, 15) is 4.79 Å². The minimum absolute atomic E-state index is 0.0791. The summed E-state index contributed by atoms with van der Waals surface area (Å²) in [6.07, 6.45) is 0.651. The van der Waals surface area contributed by atoms with Crippen molar-refractivity contribution in [1.82, 2.24) is 10.2 Å². The van der Waals surface area contributed by atoms with Crippen molar-refractivity contribution < 1.29 is 14.3 Å². The number of carbonyl (C=O) groups is 1. The fraction of sp³-hybridized carbons (Fsp3) is 0.944. The Labute approximate surface area is 142 Å². The van der Waals surface area contributed by atoms with Crippen molar-refractivity contribution in [3.63, 3.8) is 0 Å². The van der Waals surface area contributed by atoms with Crippen LogP contribution in [-0.2, 0) is 9.47 Å². The quantitative estimate of drug-likeness (QED) is 0.813. The lowest BCUT2D eigenvalue weighted by Gasteiger charge is -2.38. The third-order valence-electron chi connectivity index (χ3n) is 4.41. The second-order valence-corrected chi connectivity index (χ2v) is 8.17. The molecule has 1 amide bonds. The average molecular weight is 328 g/mol. The topological polar surface area (TPSA) is 50.8 Å². The molecule has 1 rings (SSSR count). The van der Waals surface area contributed by atoms with E-state index in [4.69, 9.17) is 9.47 Å². The van der Waals surface area contributed by atoms with Crippen LogP contribution in [0.5, 0.6) is 0 Å². The van der Waals surface area contributed by atoms with Crippen molar-refractivity contribution in [2.24, 2.45) is 11.8 Å². The van der Waals surface area contributed by atoms with E-state index in [1.807, 2.05) is 25.7 Å². The molecule has 0 radical (unpaired) electrons. The highest BCUT2D eigenvalue weighted by atomic mass is 16.6. The molecule has 1 N–H and O–H groups in total. The van der Waals surface area contributed by atoms with Crippen LogP contribution < -0.4 is 5.32 Å². The van der Waals surface area contributed by atoms with Crippen LogP contribution in [0.25, 0.3) is 0 Å². The normalized spacial score (nSPS) is 22.1. The van der Waals surface area contributed by atoms with Crippen molar-refractivity contribution in [3.05, 3.63) is 0 Å². The molecule has 1 fully saturated rings. The van der Waals surface area contributed by atoms with Gasteiger partial charge in [-0.1, -0.05) is 20.8 Å². The van der Waals surface area contributed by atoms with Gasteiger partial charge in [0.15, 0.2) is 0 Å². The highest BCUT2D eigenvalue weighted by molar-refractivity contribution is 5.68. The van der Waals surface area contributed by atoms with Crippen LogP contribution in [-0.4, -0.2) is 55.0 Å². The van der Waals surface area contributed by atoms with Gasteiger partial charge >= 0.3 is 6.09 Å². The number of carbonyl (C=O) groups excluding carboxylic acids is 1. The molecule has 3 atom stereocenters. The molecular formula is C18H36N2O3. The van der Waals surface area contributed by atoms with Gasteiger partial charge in [-0.3, -0.25) is 0 Å². The van der Waals surface area contributed by atoms with Gasteiger partial charge in [0.1, 0.15) is 5.60 Å². The summed E-state index contributed by atoms with van der Waals surface area (Å²) in [6.45, 7) is 17.4. The number of hydrogen-bond donors (Lipinski definition) is 1. The predicted octanol–water partition coefficient (Wildman–Crippen LogP) is 3.28. The smallest absolute Gasteiger partial charge is 0.410 e. The van der Waals surface area contributed by atoms with Gasteiger partial charge in [-0.15, -0.1) is 0 Å². The van der Waals surface area contributed by atoms with Crippen LogP contribution in [0.15, 0.2) is 0 Å². The number of morpholine rings is 1. The van der Waals surface area contributed by atoms with Gasteiger partial charge in [0.2, 0.25) is 0 Å². The molecule has 1 aliphatic rings. The van der Waals surface area contributed by atoms with Crippen LogP contribution in [0, 0.1) is 11.8 Å². The minimum atomic E-state index is -0.462. The largest absolute Gasteiger partial charge is 0.444 e. The Kier molecular flexibility index (Phi) is 7.81. The highest BCUT2D eigenvalue weighted by Crippen LogP contribution is 2.18. The van der Waals surface area contributed by atoms with Crippen molar-refractivity contribution in [1.29, 1.82) is 0 Å². The maximum absolute atomic E-state index is 12.4. The third-order valence-corrected chi connectivity index (χ3v) is 4.41. The maximum atomic E-state index is 12.4. The summed E-state index contributed by atoms with van der Waals surface area (Å²) < 4.78 is 11.1. The van der Waals surface area contributed by atoms with Crippen molar-refractivity contribution in [3.8, 4) is 0 Å². The van der Waals surface area contributed by atoms with E-state index < -0.39 is 5.60 Å². The lowest BCUT2D eigenvalue weighted by atomic mass is 9.97. The molecule has 0 saturated carbocycles. The molecule has 0 aromatic rings. The fourth-order valence-electron chi connectivity index (χ4n) is 2.53. The van der Waals surface area contributed by atoms with Gasteiger partial charge in [0.25, 0.3) is 0 Å². The molecule has 1 aliphatic heterocycles. The van der Waals surface area contributed by atoms with E-state index in [1.165, 1.54) is 0 Å². The van der Waals surface area contributed by atoms with E-state index in [-0.39, 0.29) is 12.1 Å². The number of amides is 1. The number of hydrogen-bond acceptors (Lipinski definition) is 4. The van der Waals surface area contributed by atoms with Crippen molar-refractivity contribution in [2.45, 2.75) is 72.6 Å². The van der Waals surface area contributed by atoms with E-state index in [2.05, 4.69) is 33.0 Å². The summed E-state index contributed by atoms with van der Waals surface area (Å²) >= 11 is 0. The summed E-state index contributed by atoms with van der Waals surface area (Å²) in [6, 6.07) is 0.420. The Bertz CT molecular complexity index is 366. The standard InChI is InChI=1S/C18H36N2O3/c1-13(2)14(3)11-19-15(4)10-16-12-22-9-8-20(16)17(21)23-18(5,6)7/h13-16,19H,8-12H2,1-7H3. The predicted molar refractivity (Wildman–Crippen MR) is 93.6 cm³/mol. The second-order valence-electron chi connectivity index (χ2n) is 8.17. The summed E-state index contributed by atoms with van der Waals surface area (Å²) in [5, 5.41) is 3.58. The van der Waals surface area contributed by atoms with Gasteiger partial charge in [-0.2, -0.15) is 0 Å². The number of nitrogens with one attached hydrogen (secondary N) is 1. The monoisotopic (exact) mass is 328 g/mol. The minimum Gasteiger partial charge on any atom is -0.444 e. The van der Waals surface area contributed by atoms with Gasteiger partial charge in [-0.25, -0.2) is 4.79 Å². The summed E-state index contributed by atoms with van der Waals surface area (Å²) in [5.74, 6) is 1.31. The molecule has 0 aromatic heterocycles. The molecule has 0 aromatic carbocycles. The Balaban J connectivity index is 2.52. The zero-order valence-corrected chi connectivity index (χ0v) is 16.0. The SMILES string of the molecule is CC(CC1COCCN1C(=O)OC(C)(C)C)NCC(C)C(C)C. The van der Waals surface area contributed by atoms with Crippen LogP contribution in [0.2, 0.25) is 0 Å². The van der Waals surface area contributed by atoms with Crippen molar-refractivity contribution >= 4 is 6.09 Å². The van der Waals surface area contributed by atoms with Gasteiger partial charge in [0.05, 0.1) is 19.3 Å². The van der Waals surface area contributed by atoms with Crippen LogP contribution in [0.1, 0.15) is 54.9 Å². The summed E-state index contributed by atoms with van der Waals surface area (Å²) in [5.41, 5.74) is -0.462. The zero-order chi connectivity index (χ0) is 17.6.